The van der Waals surface area contributed by atoms with Crippen LogP contribution in [0.5, 0.6) is 0 Å². The van der Waals surface area contributed by atoms with E-state index >= 15 is 0 Å². The molecule has 7 nitrogen and oxygen atoms in total. The van der Waals surface area contributed by atoms with E-state index < -0.39 is 0 Å². The van der Waals surface area contributed by atoms with Crippen LogP contribution < -0.4 is 5.56 Å². The zero-order valence-electron chi connectivity index (χ0n) is 18.1. The van der Waals surface area contributed by atoms with E-state index in [9.17, 15) is 9.59 Å². The van der Waals surface area contributed by atoms with Crippen LogP contribution in [0.3, 0.4) is 0 Å². The molecule has 158 valence electrons. The van der Waals surface area contributed by atoms with Gasteiger partial charge in [-0.2, -0.15) is 0 Å². The Morgan fingerprint density at radius 2 is 2.07 bits per heavy atom. The number of nitrogens with zero attached hydrogens (tertiary/aromatic N) is 4. The van der Waals surface area contributed by atoms with Crippen LogP contribution in [0.15, 0.2) is 10.9 Å². The fourth-order valence-electron chi connectivity index (χ4n) is 4.62. The predicted octanol–water partition coefficient (Wildman–Crippen LogP) is 2.89. The third-order valence-electron chi connectivity index (χ3n) is 6.72. The smallest absolute Gasteiger partial charge is 0.276 e. The molecular formula is C22H33N5O2. The van der Waals surface area contributed by atoms with Crippen molar-refractivity contribution in [1.29, 1.82) is 0 Å². The third kappa shape index (κ3) is 3.61. The highest BCUT2D eigenvalue weighted by molar-refractivity contribution is 5.79. The van der Waals surface area contributed by atoms with Crippen LogP contribution in [-0.4, -0.2) is 49.4 Å². The van der Waals surface area contributed by atoms with Gasteiger partial charge in [0.1, 0.15) is 0 Å². The van der Waals surface area contributed by atoms with Gasteiger partial charge in [-0.1, -0.05) is 13.8 Å². The summed E-state index contributed by atoms with van der Waals surface area (Å²) in [5.41, 5.74) is 3.32. The highest BCUT2D eigenvalue weighted by atomic mass is 16.2. The van der Waals surface area contributed by atoms with Gasteiger partial charge < -0.3 is 4.90 Å². The summed E-state index contributed by atoms with van der Waals surface area (Å²) in [7, 11) is 0. The fourth-order valence-corrected chi connectivity index (χ4v) is 4.62. The third-order valence-corrected chi connectivity index (χ3v) is 6.72. The lowest BCUT2D eigenvalue weighted by Gasteiger charge is -2.36. The number of likely N-dealkylation sites (tertiary alicyclic amines) is 1. The maximum atomic E-state index is 13.1. The first-order valence-electron chi connectivity index (χ1n) is 11.1. The van der Waals surface area contributed by atoms with Crippen LogP contribution in [0.25, 0.3) is 5.65 Å². The van der Waals surface area contributed by atoms with Crippen molar-refractivity contribution in [2.24, 2.45) is 5.92 Å². The zero-order chi connectivity index (χ0) is 20.7. The Morgan fingerprint density at radius 3 is 2.79 bits per heavy atom. The van der Waals surface area contributed by atoms with Gasteiger partial charge in [0.2, 0.25) is 5.91 Å². The van der Waals surface area contributed by atoms with Gasteiger partial charge in [0, 0.05) is 43.2 Å². The largest absolute Gasteiger partial charge is 0.334 e. The summed E-state index contributed by atoms with van der Waals surface area (Å²) in [6.45, 7) is 10.8. The SMILES string of the molecule is CC[C@@H](C)C(=O)N1CCCC[C@H]1c1cc2nc3c(c(=O)n2[nH]1)CCN(C(C)C)C3. The molecule has 1 saturated heterocycles. The lowest BCUT2D eigenvalue weighted by molar-refractivity contribution is -0.139. The van der Waals surface area contributed by atoms with Crippen molar-refractivity contribution in [1.82, 2.24) is 24.4 Å². The van der Waals surface area contributed by atoms with E-state index in [1.807, 2.05) is 17.9 Å². The summed E-state index contributed by atoms with van der Waals surface area (Å²) in [6.07, 6.45) is 4.63. The van der Waals surface area contributed by atoms with E-state index in [0.29, 0.717) is 11.7 Å². The molecule has 1 amide bonds. The first-order valence-corrected chi connectivity index (χ1v) is 11.1. The van der Waals surface area contributed by atoms with Crippen molar-refractivity contribution in [2.75, 3.05) is 13.1 Å². The fraction of sp³-hybridized carbons (Fsp3) is 0.682. The molecule has 0 bridgehead atoms. The molecule has 0 unspecified atom stereocenters. The number of piperidine rings is 1. The van der Waals surface area contributed by atoms with Crippen molar-refractivity contribution in [3.05, 3.63) is 33.4 Å². The van der Waals surface area contributed by atoms with Gasteiger partial charge in [-0.3, -0.25) is 19.6 Å². The standard InChI is InChI=1S/C22H33N5O2/c1-5-15(4)21(28)26-10-7-6-8-19(26)17-12-20-23-18-13-25(14(2)3)11-9-16(18)22(29)27(20)24-17/h12,14-15,19,24H,5-11,13H2,1-4H3/t15-,19+/m1/s1. The Labute approximate surface area is 172 Å². The lowest BCUT2D eigenvalue weighted by Crippen LogP contribution is -2.41. The number of H-pyrrole nitrogens is 1. The monoisotopic (exact) mass is 399 g/mol. The molecule has 0 aromatic carbocycles. The Kier molecular flexibility index (Phi) is 5.51. The number of aromatic amines is 1. The lowest BCUT2D eigenvalue weighted by atomic mass is 9.96. The predicted molar refractivity (Wildman–Crippen MR) is 113 cm³/mol. The molecule has 7 heteroatoms. The van der Waals surface area contributed by atoms with Crippen LogP contribution in [-0.2, 0) is 17.8 Å². The van der Waals surface area contributed by atoms with E-state index in [0.717, 1.165) is 68.7 Å². The first kappa shape index (κ1) is 20.1. The highest BCUT2D eigenvalue weighted by Crippen LogP contribution is 2.32. The first-order chi connectivity index (χ1) is 13.9. The van der Waals surface area contributed by atoms with E-state index in [2.05, 4.69) is 30.8 Å². The van der Waals surface area contributed by atoms with Crippen molar-refractivity contribution in [2.45, 2.75) is 78.4 Å². The van der Waals surface area contributed by atoms with Crippen LogP contribution >= 0.6 is 0 Å². The molecule has 0 saturated carbocycles. The van der Waals surface area contributed by atoms with Crippen LogP contribution in [0.2, 0.25) is 0 Å². The molecular weight excluding hydrogens is 366 g/mol. The van der Waals surface area contributed by atoms with Crippen molar-refractivity contribution in [3.63, 3.8) is 0 Å². The number of rotatable bonds is 4. The molecule has 0 aliphatic carbocycles. The second-order valence-electron chi connectivity index (χ2n) is 8.91. The minimum atomic E-state index is -0.00413. The molecule has 1 fully saturated rings. The van der Waals surface area contributed by atoms with Gasteiger partial charge >= 0.3 is 0 Å². The minimum Gasteiger partial charge on any atom is -0.334 e. The van der Waals surface area contributed by atoms with E-state index in [1.54, 1.807) is 4.52 Å². The minimum absolute atomic E-state index is 0.00413. The van der Waals surface area contributed by atoms with E-state index in [-0.39, 0.29) is 23.4 Å². The van der Waals surface area contributed by atoms with Gasteiger partial charge in [-0.25, -0.2) is 9.50 Å². The summed E-state index contributed by atoms with van der Waals surface area (Å²) in [5.74, 6) is 0.234. The molecule has 0 radical (unpaired) electrons. The molecule has 2 aromatic heterocycles. The summed E-state index contributed by atoms with van der Waals surface area (Å²) >= 11 is 0. The summed E-state index contributed by atoms with van der Waals surface area (Å²) < 4.78 is 1.58. The molecule has 2 aliphatic heterocycles. The zero-order valence-corrected chi connectivity index (χ0v) is 18.1. The molecule has 0 spiro atoms. The average molecular weight is 400 g/mol. The van der Waals surface area contributed by atoms with Crippen molar-refractivity contribution >= 4 is 11.6 Å². The Hall–Kier alpha value is -2.15. The van der Waals surface area contributed by atoms with E-state index in [4.69, 9.17) is 4.98 Å². The number of hydrogen-bond donors (Lipinski definition) is 1. The number of nitrogens with one attached hydrogen (secondary N) is 1. The molecule has 4 heterocycles. The summed E-state index contributed by atoms with van der Waals surface area (Å²) in [5, 5.41) is 3.29. The number of carbonyl (C=O) groups excluding carboxylic acids is 1. The molecule has 2 atom stereocenters. The van der Waals surface area contributed by atoms with Crippen LogP contribution in [0, 0.1) is 5.92 Å². The number of fused-ring (bicyclic) bond motifs is 2. The second-order valence-corrected chi connectivity index (χ2v) is 8.91. The number of aromatic nitrogens is 3. The topological polar surface area (TPSA) is 73.7 Å². The number of hydrogen-bond acceptors (Lipinski definition) is 4. The molecule has 2 aliphatic rings. The Morgan fingerprint density at radius 1 is 1.28 bits per heavy atom. The normalized spacial score (nSPS) is 21.6. The van der Waals surface area contributed by atoms with Gasteiger partial charge in [0.05, 0.1) is 17.4 Å². The van der Waals surface area contributed by atoms with E-state index in [1.165, 1.54) is 0 Å². The van der Waals surface area contributed by atoms with Crippen LogP contribution in [0.1, 0.15) is 76.4 Å². The second kappa shape index (κ2) is 7.94. The maximum absolute atomic E-state index is 13.1. The van der Waals surface area contributed by atoms with Crippen molar-refractivity contribution in [3.8, 4) is 0 Å². The molecule has 1 N–H and O–H groups in total. The quantitative estimate of drug-likeness (QED) is 0.858. The number of carbonyl (C=O) groups is 1. The highest BCUT2D eigenvalue weighted by Gasteiger charge is 2.32. The Bertz CT molecular complexity index is 960. The van der Waals surface area contributed by atoms with Gasteiger partial charge in [0.25, 0.3) is 5.56 Å². The summed E-state index contributed by atoms with van der Waals surface area (Å²) in [6, 6.07) is 2.41. The summed E-state index contributed by atoms with van der Waals surface area (Å²) in [4.78, 5) is 35.2. The van der Waals surface area contributed by atoms with Crippen LogP contribution in [0.4, 0.5) is 0 Å². The van der Waals surface area contributed by atoms with Gasteiger partial charge in [0.15, 0.2) is 5.65 Å². The van der Waals surface area contributed by atoms with Crippen molar-refractivity contribution < 1.29 is 4.79 Å². The molecule has 29 heavy (non-hydrogen) atoms. The van der Waals surface area contributed by atoms with Gasteiger partial charge in [-0.05, 0) is 46.0 Å². The maximum Gasteiger partial charge on any atom is 0.276 e. The molecule has 2 aromatic rings. The average Bonchev–Trinajstić information content (AvgIpc) is 3.16. The molecule has 4 rings (SSSR count). The Balaban J connectivity index is 1.71. The van der Waals surface area contributed by atoms with Gasteiger partial charge in [-0.15, -0.1) is 0 Å². The number of amides is 1.